The number of benzene rings is 1. The predicted molar refractivity (Wildman–Crippen MR) is 78.2 cm³/mol. The molecule has 1 atom stereocenters. The average molecular weight is 304 g/mol. The van der Waals surface area contributed by atoms with Crippen LogP contribution in [0.4, 0.5) is 0 Å². The number of aromatic nitrogens is 1. The van der Waals surface area contributed by atoms with E-state index in [2.05, 4.69) is 15.0 Å². The van der Waals surface area contributed by atoms with Gasteiger partial charge < -0.3 is 20.1 Å². The van der Waals surface area contributed by atoms with Crippen molar-refractivity contribution in [3.05, 3.63) is 36.0 Å². The van der Waals surface area contributed by atoms with Crippen molar-refractivity contribution in [1.82, 2.24) is 10.3 Å². The van der Waals surface area contributed by atoms with Crippen molar-refractivity contribution in [2.24, 2.45) is 0 Å². The summed E-state index contributed by atoms with van der Waals surface area (Å²) in [4.78, 5) is 36.6. The molecule has 3 N–H and O–H groups in total. The lowest BCUT2D eigenvalue weighted by Gasteiger charge is -2.14. The minimum Gasteiger partial charge on any atom is -0.480 e. The number of para-hydroxylation sites is 1. The molecule has 0 saturated carbocycles. The lowest BCUT2D eigenvalue weighted by atomic mass is 10.1. The Bertz CT molecular complexity index is 707. The molecule has 116 valence electrons. The van der Waals surface area contributed by atoms with Gasteiger partial charge in [-0.3, -0.25) is 9.59 Å². The minimum atomic E-state index is -1.15. The summed E-state index contributed by atoms with van der Waals surface area (Å²) in [6.45, 7) is 0.681. The molecule has 0 saturated heterocycles. The summed E-state index contributed by atoms with van der Waals surface area (Å²) in [5, 5.41) is 12.5. The number of H-pyrrole nitrogens is 1. The Kier molecular flexibility index (Phi) is 4.77. The number of carbonyl (C=O) groups excluding carboxylic acids is 2. The van der Waals surface area contributed by atoms with Crippen molar-refractivity contribution in [3.8, 4) is 0 Å². The lowest BCUT2D eigenvalue weighted by molar-refractivity contribution is -0.148. The van der Waals surface area contributed by atoms with Crippen LogP contribution in [0.25, 0.3) is 10.9 Å². The molecule has 1 amide bonds. The van der Waals surface area contributed by atoms with Crippen LogP contribution >= 0.6 is 0 Å². The second kappa shape index (κ2) is 6.75. The van der Waals surface area contributed by atoms with Gasteiger partial charge in [-0.15, -0.1) is 0 Å². The van der Waals surface area contributed by atoms with Gasteiger partial charge >= 0.3 is 11.9 Å². The highest BCUT2D eigenvalue weighted by atomic mass is 16.5. The van der Waals surface area contributed by atoms with E-state index in [1.807, 2.05) is 24.3 Å². The fourth-order valence-electron chi connectivity index (χ4n) is 2.12. The molecule has 0 aliphatic heterocycles. The third-order valence-electron chi connectivity index (χ3n) is 3.14. The Balaban J connectivity index is 2.07. The number of rotatable bonds is 6. The molecule has 0 spiro atoms. The molecule has 0 radical (unpaired) electrons. The Hall–Kier alpha value is -2.83. The molecule has 2 rings (SSSR count). The number of esters is 1. The number of aliphatic carboxylic acids is 1. The van der Waals surface area contributed by atoms with Crippen molar-refractivity contribution >= 4 is 28.7 Å². The predicted octanol–water partition coefficient (Wildman–Crippen LogP) is 0.843. The van der Waals surface area contributed by atoms with Gasteiger partial charge in [0.05, 0.1) is 0 Å². The van der Waals surface area contributed by atoms with Crippen molar-refractivity contribution < 1.29 is 24.2 Å². The van der Waals surface area contributed by atoms with Crippen LogP contribution in [0.15, 0.2) is 30.5 Å². The van der Waals surface area contributed by atoms with Crippen molar-refractivity contribution in [2.75, 3.05) is 6.61 Å². The first-order valence-corrected chi connectivity index (χ1v) is 6.68. The van der Waals surface area contributed by atoms with E-state index in [1.54, 1.807) is 6.20 Å². The topological polar surface area (TPSA) is 108 Å². The fourth-order valence-corrected chi connectivity index (χ4v) is 2.12. The first-order valence-electron chi connectivity index (χ1n) is 6.68. The first-order chi connectivity index (χ1) is 10.5. The lowest BCUT2D eigenvalue weighted by Crippen LogP contribution is -2.44. The van der Waals surface area contributed by atoms with Crippen molar-refractivity contribution in [3.63, 3.8) is 0 Å². The van der Waals surface area contributed by atoms with Crippen LogP contribution in [0.3, 0.4) is 0 Å². The van der Waals surface area contributed by atoms with Crippen LogP contribution in [-0.4, -0.2) is 40.6 Å². The first kappa shape index (κ1) is 15.6. The number of fused-ring (bicyclic) bond motifs is 1. The zero-order valence-corrected chi connectivity index (χ0v) is 12.0. The summed E-state index contributed by atoms with van der Waals surface area (Å²) in [7, 11) is 0. The Morgan fingerprint density at radius 3 is 2.73 bits per heavy atom. The zero-order valence-electron chi connectivity index (χ0n) is 12.0. The van der Waals surface area contributed by atoms with Gasteiger partial charge in [0.1, 0.15) is 6.04 Å². The van der Waals surface area contributed by atoms with Gasteiger partial charge in [0.2, 0.25) is 0 Å². The number of aromatic amines is 1. The van der Waals surface area contributed by atoms with Crippen LogP contribution in [0.1, 0.15) is 12.5 Å². The summed E-state index contributed by atoms with van der Waals surface area (Å²) in [6.07, 6.45) is 1.85. The van der Waals surface area contributed by atoms with E-state index in [-0.39, 0.29) is 6.42 Å². The molecule has 22 heavy (non-hydrogen) atoms. The number of carboxylic acid groups (broad SMARTS) is 1. The summed E-state index contributed by atoms with van der Waals surface area (Å²) >= 11 is 0. The molecule has 7 nitrogen and oxygen atoms in total. The van der Waals surface area contributed by atoms with Crippen LogP contribution in [0.2, 0.25) is 0 Å². The third-order valence-corrected chi connectivity index (χ3v) is 3.14. The van der Waals surface area contributed by atoms with E-state index < -0.39 is 30.5 Å². The molecule has 7 heteroatoms. The summed E-state index contributed by atoms with van der Waals surface area (Å²) in [6, 6.07) is 6.39. The number of nitrogens with one attached hydrogen (secondary N) is 2. The molecule has 0 aliphatic carbocycles. The molecular weight excluding hydrogens is 288 g/mol. The van der Waals surface area contributed by atoms with Crippen LogP contribution in [0, 0.1) is 0 Å². The van der Waals surface area contributed by atoms with E-state index >= 15 is 0 Å². The fraction of sp³-hybridized carbons (Fsp3) is 0.267. The standard InChI is InChI=1S/C15H16N2O5/c1-9(18)22-8-14(19)17-13(15(20)21)6-10-7-16-12-5-3-2-4-11(10)12/h2-5,7,13,16H,6,8H2,1H3,(H,17,19)(H,20,21)/t13-/m0/s1. The highest BCUT2D eigenvalue weighted by Gasteiger charge is 2.22. The minimum absolute atomic E-state index is 0.130. The highest BCUT2D eigenvalue weighted by Crippen LogP contribution is 2.19. The summed E-state index contributed by atoms with van der Waals surface area (Å²) in [5.74, 6) is -2.40. The van der Waals surface area contributed by atoms with Crippen molar-refractivity contribution in [2.45, 2.75) is 19.4 Å². The number of hydrogen-bond donors (Lipinski definition) is 3. The van der Waals surface area contributed by atoms with Crippen LogP contribution in [0.5, 0.6) is 0 Å². The highest BCUT2D eigenvalue weighted by molar-refractivity contribution is 5.87. The van der Waals surface area contributed by atoms with Gasteiger partial charge in [-0.05, 0) is 11.6 Å². The number of carboxylic acids is 1. The van der Waals surface area contributed by atoms with E-state index in [0.717, 1.165) is 16.5 Å². The molecule has 0 unspecified atom stereocenters. The normalized spacial score (nSPS) is 11.9. The zero-order chi connectivity index (χ0) is 16.1. The molecule has 1 heterocycles. The van der Waals surface area contributed by atoms with Gasteiger partial charge in [0.15, 0.2) is 6.61 Å². The number of hydrogen-bond acceptors (Lipinski definition) is 4. The molecule has 0 aliphatic rings. The number of ether oxygens (including phenoxy) is 1. The molecule has 0 bridgehead atoms. The van der Waals surface area contributed by atoms with E-state index in [9.17, 15) is 19.5 Å². The van der Waals surface area contributed by atoms with Gasteiger partial charge in [-0.1, -0.05) is 18.2 Å². The number of amides is 1. The molecule has 1 aromatic carbocycles. The second-order valence-electron chi connectivity index (χ2n) is 4.80. The van der Waals surface area contributed by atoms with Crippen LogP contribution < -0.4 is 5.32 Å². The maximum atomic E-state index is 11.6. The van der Waals surface area contributed by atoms with E-state index in [0.29, 0.717) is 0 Å². The van der Waals surface area contributed by atoms with Crippen LogP contribution in [-0.2, 0) is 25.5 Å². The largest absolute Gasteiger partial charge is 0.480 e. The quantitative estimate of drug-likeness (QED) is 0.685. The number of carbonyl (C=O) groups is 3. The molecule has 2 aromatic rings. The molecule has 1 aromatic heterocycles. The molecule has 0 fully saturated rings. The SMILES string of the molecule is CC(=O)OCC(=O)N[C@@H](Cc1c[nH]c2ccccc12)C(=O)O. The maximum Gasteiger partial charge on any atom is 0.326 e. The Morgan fingerprint density at radius 1 is 1.32 bits per heavy atom. The monoisotopic (exact) mass is 304 g/mol. The molecular formula is C15H16N2O5. The summed E-state index contributed by atoms with van der Waals surface area (Å²) in [5.41, 5.74) is 1.68. The van der Waals surface area contributed by atoms with E-state index in [4.69, 9.17) is 0 Å². The van der Waals surface area contributed by atoms with Gasteiger partial charge in [0.25, 0.3) is 5.91 Å². The maximum absolute atomic E-state index is 11.6. The Morgan fingerprint density at radius 2 is 2.05 bits per heavy atom. The summed E-state index contributed by atoms with van der Waals surface area (Å²) < 4.78 is 4.54. The smallest absolute Gasteiger partial charge is 0.326 e. The Labute approximate surface area is 126 Å². The third kappa shape index (κ3) is 3.85. The second-order valence-corrected chi connectivity index (χ2v) is 4.80. The average Bonchev–Trinajstić information content (AvgIpc) is 2.87. The van der Waals surface area contributed by atoms with Gasteiger partial charge in [0, 0.05) is 30.4 Å². The van der Waals surface area contributed by atoms with E-state index in [1.165, 1.54) is 6.92 Å². The van der Waals surface area contributed by atoms with Gasteiger partial charge in [-0.25, -0.2) is 4.79 Å². The van der Waals surface area contributed by atoms with Gasteiger partial charge in [-0.2, -0.15) is 0 Å². The van der Waals surface area contributed by atoms with Crippen molar-refractivity contribution in [1.29, 1.82) is 0 Å².